The molecule has 2 bridgehead atoms. The molecule has 5 aromatic rings. The van der Waals surface area contributed by atoms with Crippen molar-refractivity contribution in [1.29, 1.82) is 0 Å². The number of benzene rings is 4. The van der Waals surface area contributed by atoms with Crippen LogP contribution >= 0.6 is 0 Å². The molecule has 2 aliphatic rings. The number of hydrogen-bond donors (Lipinski definition) is 0. The van der Waals surface area contributed by atoms with Crippen molar-refractivity contribution >= 4 is 33.7 Å². The molecule has 40 heavy (non-hydrogen) atoms. The highest BCUT2D eigenvalue weighted by Crippen LogP contribution is 2.67. The molecule has 0 amide bonds. The molecule has 0 radical (unpaired) electrons. The van der Waals surface area contributed by atoms with E-state index in [0.717, 1.165) is 44.1 Å². The van der Waals surface area contributed by atoms with Crippen LogP contribution in [0.15, 0.2) is 108 Å². The average Bonchev–Trinajstić information content (AvgIpc) is 3.52. The van der Waals surface area contributed by atoms with E-state index in [9.17, 15) is 9.59 Å². The maximum Gasteiger partial charge on any atom is 0.337 e. The lowest BCUT2D eigenvalue weighted by molar-refractivity contribution is -0.139. The largest absolute Gasteiger partial charge is 0.466 e. The molecule has 1 aromatic heterocycles. The Morgan fingerprint density at radius 1 is 0.600 bits per heavy atom. The summed E-state index contributed by atoms with van der Waals surface area (Å²) in [6.07, 6.45) is 0. The number of nitrogens with zero attached hydrogens (tertiary/aromatic N) is 2. The van der Waals surface area contributed by atoms with E-state index in [2.05, 4.69) is 40.8 Å². The molecule has 2 unspecified atom stereocenters. The van der Waals surface area contributed by atoms with Gasteiger partial charge < -0.3 is 14.0 Å². The normalized spacial score (nSPS) is 21.7. The lowest BCUT2D eigenvalue weighted by atomic mass is 9.67. The average molecular weight is 529 g/mol. The first kappa shape index (κ1) is 24.4. The summed E-state index contributed by atoms with van der Waals surface area (Å²) >= 11 is 0. The fraction of sp³-hybridized carbons (Fsp3) is 0.176. The molecule has 0 saturated carbocycles. The van der Waals surface area contributed by atoms with Crippen molar-refractivity contribution in [2.75, 3.05) is 21.3 Å². The molecular formula is C34H28N2O4. The number of likely N-dealkylation sites (N-methyl/N-ethyl adjacent to an activating group) is 1. The SMILES string of the molecule is COC(=O)C1=C(C(=O)OC)C2(c3ccccc3)c3cc4c(cc3C1(c1ccccc1)N2C)c1ccccc1n4C. The number of para-hydroxylation sites is 1. The highest BCUT2D eigenvalue weighted by Gasteiger charge is 2.71. The van der Waals surface area contributed by atoms with Crippen molar-refractivity contribution < 1.29 is 19.1 Å². The first-order valence-electron chi connectivity index (χ1n) is 13.2. The van der Waals surface area contributed by atoms with Gasteiger partial charge in [-0.05, 0) is 47.5 Å². The van der Waals surface area contributed by atoms with Crippen molar-refractivity contribution in [1.82, 2.24) is 9.47 Å². The third kappa shape index (κ3) is 2.66. The fourth-order valence-corrected chi connectivity index (χ4v) is 7.43. The maximum absolute atomic E-state index is 13.9. The van der Waals surface area contributed by atoms with Crippen molar-refractivity contribution in [3.63, 3.8) is 0 Å². The summed E-state index contributed by atoms with van der Waals surface area (Å²) in [5.74, 6) is -1.12. The topological polar surface area (TPSA) is 60.8 Å². The molecule has 0 fully saturated rings. The predicted octanol–water partition coefficient (Wildman–Crippen LogP) is 5.42. The second-order valence-electron chi connectivity index (χ2n) is 10.4. The molecule has 7 rings (SSSR count). The standard InChI is InChI=1S/C34H28N2O4/c1-35-27-18-12-11-17-23(27)24-19-25-26(20-28(24)35)34(22-15-9-6-10-16-22)30(32(38)40-4)29(31(37)39-3)33(25,36(34)2)21-13-7-5-8-14-21/h5-20H,1-4H3. The number of carbonyl (C=O) groups is 2. The minimum absolute atomic E-state index is 0.282. The van der Waals surface area contributed by atoms with Crippen LogP contribution in [0.1, 0.15) is 22.3 Å². The zero-order valence-electron chi connectivity index (χ0n) is 22.8. The first-order chi connectivity index (χ1) is 19.4. The van der Waals surface area contributed by atoms with Crippen LogP contribution in [-0.2, 0) is 37.2 Å². The number of esters is 2. The number of ether oxygens (including phenoxy) is 2. The van der Waals surface area contributed by atoms with Crippen LogP contribution in [-0.4, -0.2) is 42.7 Å². The van der Waals surface area contributed by atoms with Gasteiger partial charge in [-0.25, -0.2) is 9.59 Å². The molecule has 198 valence electrons. The molecule has 0 saturated heterocycles. The van der Waals surface area contributed by atoms with Gasteiger partial charge in [-0.15, -0.1) is 0 Å². The van der Waals surface area contributed by atoms with Crippen molar-refractivity contribution in [3.8, 4) is 0 Å². The summed E-state index contributed by atoms with van der Waals surface area (Å²) in [6.45, 7) is 0. The second-order valence-corrected chi connectivity index (χ2v) is 10.4. The Labute approximate surface area is 232 Å². The molecule has 6 heteroatoms. The van der Waals surface area contributed by atoms with E-state index in [1.165, 1.54) is 14.2 Å². The van der Waals surface area contributed by atoms with Gasteiger partial charge in [-0.2, -0.15) is 0 Å². The van der Waals surface area contributed by atoms with Gasteiger partial charge in [-0.3, -0.25) is 4.90 Å². The van der Waals surface area contributed by atoms with Crippen LogP contribution in [0, 0.1) is 0 Å². The summed E-state index contributed by atoms with van der Waals surface area (Å²) in [6, 6.07) is 32.5. The molecule has 6 nitrogen and oxygen atoms in total. The van der Waals surface area contributed by atoms with Crippen LogP contribution in [0.2, 0.25) is 0 Å². The Balaban J connectivity index is 1.75. The van der Waals surface area contributed by atoms with Crippen LogP contribution in [0.25, 0.3) is 21.8 Å². The minimum Gasteiger partial charge on any atom is -0.466 e. The van der Waals surface area contributed by atoms with Gasteiger partial charge >= 0.3 is 11.9 Å². The minimum atomic E-state index is -1.10. The highest BCUT2D eigenvalue weighted by molar-refractivity contribution is 6.12. The summed E-state index contributed by atoms with van der Waals surface area (Å²) < 4.78 is 13.0. The number of aromatic nitrogens is 1. The first-order valence-corrected chi connectivity index (χ1v) is 13.2. The van der Waals surface area contributed by atoms with E-state index < -0.39 is 23.0 Å². The zero-order chi connectivity index (χ0) is 27.8. The van der Waals surface area contributed by atoms with E-state index in [1.807, 2.05) is 79.8 Å². The fourth-order valence-electron chi connectivity index (χ4n) is 7.43. The van der Waals surface area contributed by atoms with Gasteiger partial charge in [0, 0.05) is 28.9 Å². The van der Waals surface area contributed by atoms with E-state index in [0.29, 0.717) is 0 Å². The van der Waals surface area contributed by atoms with Crippen molar-refractivity contribution in [2.45, 2.75) is 11.1 Å². The molecular weight excluding hydrogens is 500 g/mol. The number of rotatable bonds is 4. The molecule has 0 N–H and O–H groups in total. The zero-order valence-corrected chi connectivity index (χ0v) is 22.8. The predicted molar refractivity (Wildman–Crippen MR) is 154 cm³/mol. The Hall–Kier alpha value is -4.68. The van der Waals surface area contributed by atoms with Gasteiger partial charge in [0.15, 0.2) is 0 Å². The molecule has 0 aliphatic carbocycles. The number of aryl methyl sites for hydroxylation is 1. The number of fused-ring (bicyclic) bond motifs is 8. The van der Waals surface area contributed by atoms with Crippen molar-refractivity contribution in [3.05, 3.63) is 130 Å². The Morgan fingerprint density at radius 2 is 1.07 bits per heavy atom. The number of methoxy groups -OCH3 is 2. The summed E-state index contributed by atoms with van der Waals surface area (Å²) in [5.41, 5.74) is 4.14. The lowest BCUT2D eigenvalue weighted by Crippen LogP contribution is -2.46. The van der Waals surface area contributed by atoms with Gasteiger partial charge in [-0.1, -0.05) is 78.9 Å². The van der Waals surface area contributed by atoms with Crippen LogP contribution < -0.4 is 0 Å². The van der Waals surface area contributed by atoms with Gasteiger partial charge in [0.05, 0.1) is 25.4 Å². The van der Waals surface area contributed by atoms with Crippen molar-refractivity contribution in [2.24, 2.45) is 7.05 Å². The Morgan fingerprint density at radius 3 is 1.60 bits per heavy atom. The second kappa shape index (κ2) is 8.41. The molecule has 4 aromatic carbocycles. The maximum atomic E-state index is 13.9. The molecule has 3 heterocycles. The summed E-state index contributed by atoms with van der Waals surface area (Å²) in [5, 5.41) is 2.21. The van der Waals surface area contributed by atoms with E-state index in [4.69, 9.17) is 9.47 Å². The molecule has 0 spiro atoms. The summed E-state index contributed by atoms with van der Waals surface area (Å²) in [7, 11) is 6.77. The van der Waals surface area contributed by atoms with Crippen LogP contribution in [0.4, 0.5) is 0 Å². The Bertz CT molecular complexity index is 1890. The third-order valence-corrected chi connectivity index (χ3v) is 8.97. The molecule has 2 atom stereocenters. The lowest BCUT2D eigenvalue weighted by Gasteiger charge is -2.39. The van der Waals surface area contributed by atoms with Crippen LogP contribution in [0.5, 0.6) is 0 Å². The van der Waals surface area contributed by atoms with Gasteiger partial charge in [0.1, 0.15) is 11.1 Å². The van der Waals surface area contributed by atoms with Gasteiger partial charge in [0.2, 0.25) is 0 Å². The van der Waals surface area contributed by atoms with E-state index in [-0.39, 0.29) is 11.1 Å². The third-order valence-electron chi connectivity index (χ3n) is 8.97. The highest BCUT2D eigenvalue weighted by atomic mass is 16.5. The molecule has 2 aliphatic heterocycles. The van der Waals surface area contributed by atoms with E-state index in [1.54, 1.807) is 0 Å². The van der Waals surface area contributed by atoms with E-state index >= 15 is 0 Å². The quantitative estimate of drug-likeness (QED) is 0.292. The monoisotopic (exact) mass is 528 g/mol. The Kier molecular flexibility index (Phi) is 5.12. The number of carbonyl (C=O) groups excluding carboxylic acids is 2. The smallest absolute Gasteiger partial charge is 0.337 e. The van der Waals surface area contributed by atoms with Gasteiger partial charge in [0.25, 0.3) is 0 Å². The summed E-state index contributed by atoms with van der Waals surface area (Å²) in [4.78, 5) is 30.0. The number of hydrogen-bond acceptors (Lipinski definition) is 5. The van der Waals surface area contributed by atoms with Crippen LogP contribution in [0.3, 0.4) is 0 Å².